The second-order valence-corrected chi connectivity index (χ2v) is 8.77. The summed E-state index contributed by atoms with van der Waals surface area (Å²) in [4.78, 5) is 30.4. The minimum atomic E-state index is -0.427. The van der Waals surface area contributed by atoms with Gasteiger partial charge in [0.05, 0.1) is 29.5 Å². The summed E-state index contributed by atoms with van der Waals surface area (Å²) < 4.78 is 7.26. The van der Waals surface area contributed by atoms with Gasteiger partial charge in [-0.1, -0.05) is 29.8 Å². The number of ether oxygens (including phenoxy) is 1. The second kappa shape index (κ2) is 9.46. The summed E-state index contributed by atoms with van der Waals surface area (Å²) in [6, 6.07) is 13.4. The Kier molecular flexibility index (Phi) is 6.48. The van der Waals surface area contributed by atoms with E-state index in [-0.39, 0.29) is 12.1 Å². The van der Waals surface area contributed by atoms with Crippen molar-refractivity contribution in [2.75, 3.05) is 7.11 Å². The van der Waals surface area contributed by atoms with Gasteiger partial charge in [0.2, 0.25) is 0 Å². The number of nitrogens with zero attached hydrogens (tertiary/aromatic N) is 3. The average molecular weight is 511 g/mol. The maximum atomic E-state index is 13.1. The molecule has 4 rings (SSSR count). The molecule has 32 heavy (non-hydrogen) atoms. The molecule has 0 fully saturated rings. The Labute approximate surface area is 196 Å². The molecule has 0 radical (unpaired) electrons. The molecule has 1 N–H and O–H groups in total. The van der Waals surface area contributed by atoms with Gasteiger partial charge in [0, 0.05) is 10.9 Å². The highest BCUT2D eigenvalue weighted by atomic mass is 79.9. The van der Waals surface area contributed by atoms with E-state index in [0.717, 1.165) is 26.7 Å². The lowest BCUT2D eigenvalue weighted by atomic mass is 10.1. The Morgan fingerprint density at radius 3 is 2.78 bits per heavy atom. The molecule has 0 spiro atoms. The number of nitrogens with one attached hydrogen (secondary N) is 1. The van der Waals surface area contributed by atoms with Crippen molar-refractivity contribution in [1.29, 1.82) is 0 Å². The number of carbonyl (C=O) groups excluding carboxylic acids is 1. The van der Waals surface area contributed by atoms with E-state index >= 15 is 0 Å². The zero-order chi connectivity index (χ0) is 22.7. The number of aromatic nitrogens is 2. The molecule has 0 saturated carbocycles. The molecule has 2 aromatic heterocycles. The summed E-state index contributed by atoms with van der Waals surface area (Å²) in [5, 5.41) is 6.41. The van der Waals surface area contributed by atoms with Crippen molar-refractivity contribution < 1.29 is 9.53 Å². The summed E-state index contributed by atoms with van der Waals surface area (Å²) >= 11 is 4.81. The van der Waals surface area contributed by atoms with Gasteiger partial charge in [0.25, 0.3) is 11.5 Å². The first-order valence-electron chi connectivity index (χ1n) is 9.65. The first kappa shape index (κ1) is 21.9. The van der Waals surface area contributed by atoms with Gasteiger partial charge in [0.15, 0.2) is 0 Å². The molecule has 2 aromatic carbocycles. The Hall–Kier alpha value is -3.30. The maximum absolute atomic E-state index is 13.1. The predicted molar refractivity (Wildman–Crippen MR) is 130 cm³/mol. The maximum Gasteiger partial charge on any atom is 0.263 e. The number of aryl methyl sites for hydroxylation is 1. The largest absolute Gasteiger partial charge is 0.496 e. The molecule has 0 atom stereocenters. The molecular formula is C23H19BrN4O3S. The third kappa shape index (κ3) is 4.63. The van der Waals surface area contributed by atoms with E-state index in [1.54, 1.807) is 13.2 Å². The fraction of sp³-hybridized carbons (Fsp3) is 0.130. The molecule has 7 nitrogen and oxygen atoms in total. The van der Waals surface area contributed by atoms with Crippen molar-refractivity contribution >= 4 is 49.6 Å². The summed E-state index contributed by atoms with van der Waals surface area (Å²) in [5.41, 5.74) is 5.87. The van der Waals surface area contributed by atoms with E-state index < -0.39 is 5.91 Å². The van der Waals surface area contributed by atoms with Crippen LogP contribution in [0.5, 0.6) is 5.75 Å². The van der Waals surface area contributed by atoms with Gasteiger partial charge in [-0.05, 0) is 52.2 Å². The van der Waals surface area contributed by atoms with Gasteiger partial charge in [-0.25, -0.2) is 10.4 Å². The molecule has 0 aliphatic heterocycles. The molecule has 162 valence electrons. The smallest absolute Gasteiger partial charge is 0.263 e. The quantitative estimate of drug-likeness (QED) is 0.308. The molecule has 2 heterocycles. The van der Waals surface area contributed by atoms with Crippen molar-refractivity contribution in [3.63, 3.8) is 0 Å². The van der Waals surface area contributed by atoms with E-state index in [9.17, 15) is 9.59 Å². The summed E-state index contributed by atoms with van der Waals surface area (Å²) in [7, 11) is 1.59. The SMILES string of the molecule is COc1ccc(/C=N/NC(=O)Cn2cnc3scc(-c4ccc(C)cc4)c3c2=O)cc1Br. The number of hydrazone groups is 1. The van der Waals surface area contributed by atoms with Crippen molar-refractivity contribution in [1.82, 2.24) is 15.0 Å². The Morgan fingerprint density at radius 2 is 2.06 bits per heavy atom. The number of amides is 1. The monoisotopic (exact) mass is 510 g/mol. The minimum Gasteiger partial charge on any atom is -0.496 e. The normalized spacial score (nSPS) is 11.2. The van der Waals surface area contributed by atoms with Crippen LogP contribution >= 0.6 is 27.3 Å². The van der Waals surface area contributed by atoms with Crippen LogP contribution in [0.3, 0.4) is 0 Å². The first-order chi connectivity index (χ1) is 15.5. The highest BCUT2D eigenvalue weighted by Gasteiger charge is 2.14. The molecule has 0 bridgehead atoms. The molecule has 0 unspecified atom stereocenters. The number of carbonyl (C=O) groups is 1. The molecule has 1 amide bonds. The number of methoxy groups -OCH3 is 1. The average Bonchev–Trinajstić information content (AvgIpc) is 3.21. The third-order valence-electron chi connectivity index (χ3n) is 4.82. The molecule has 0 aliphatic rings. The third-order valence-corrected chi connectivity index (χ3v) is 6.32. The van der Waals surface area contributed by atoms with Crippen LogP contribution in [0.4, 0.5) is 0 Å². The highest BCUT2D eigenvalue weighted by Crippen LogP contribution is 2.30. The minimum absolute atomic E-state index is 0.186. The lowest BCUT2D eigenvalue weighted by molar-refractivity contribution is -0.121. The number of benzene rings is 2. The lowest BCUT2D eigenvalue weighted by Crippen LogP contribution is -2.30. The predicted octanol–water partition coefficient (Wildman–Crippen LogP) is 4.35. The van der Waals surface area contributed by atoms with Gasteiger partial charge in [-0.3, -0.25) is 14.2 Å². The molecule has 9 heteroatoms. The molecular weight excluding hydrogens is 492 g/mol. The summed E-state index contributed by atoms with van der Waals surface area (Å²) in [5.74, 6) is 0.274. The highest BCUT2D eigenvalue weighted by molar-refractivity contribution is 9.10. The Morgan fingerprint density at radius 1 is 1.28 bits per heavy atom. The Bertz CT molecular complexity index is 1380. The molecule has 4 aromatic rings. The number of halogens is 1. The fourth-order valence-electron chi connectivity index (χ4n) is 3.16. The van der Waals surface area contributed by atoms with Crippen LogP contribution in [0.25, 0.3) is 21.3 Å². The number of hydrogen-bond acceptors (Lipinski definition) is 6. The van der Waals surface area contributed by atoms with Gasteiger partial charge in [-0.15, -0.1) is 11.3 Å². The van der Waals surface area contributed by atoms with Crippen molar-refractivity contribution in [3.05, 3.63) is 80.1 Å². The zero-order valence-corrected chi connectivity index (χ0v) is 19.7. The Balaban J connectivity index is 1.51. The molecule has 0 aliphatic carbocycles. The van der Waals surface area contributed by atoms with Crippen LogP contribution in [-0.4, -0.2) is 28.8 Å². The van der Waals surface area contributed by atoms with Crippen LogP contribution in [0, 0.1) is 6.92 Å². The van der Waals surface area contributed by atoms with Crippen molar-refractivity contribution in [2.24, 2.45) is 5.10 Å². The van der Waals surface area contributed by atoms with E-state index in [4.69, 9.17) is 4.74 Å². The zero-order valence-electron chi connectivity index (χ0n) is 17.3. The number of hydrogen-bond donors (Lipinski definition) is 1. The number of rotatable bonds is 6. The van der Waals surface area contributed by atoms with Crippen LogP contribution in [-0.2, 0) is 11.3 Å². The number of thiophene rings is 1. The van der Waals surface area contributed by atoms with Gasteiger partial charge >= 0.3 is 0 Å². The second-order valence-electron chi connectivity index (χ2n) is 7.06. The van der Waals surface area contributed by atoms with Crippen LogP contribution in [0.2, 0.25) is 0 Å². The van der Waals surface area contributed by atoms with Crippen LogP contribution in [0.15, 0.2) is 68.5 Å². The van der Waals surface area contributed by atoms with E-state index in [2.05, 4.69) is 31.4 Å². The van der Waals surface area contributed by atoms with Crippen molar-refractivity contribution in [3.8, 4) is 16.9 Å². The number of fused-ring (bicyclic) bond motifs is 1. The van der Waals surface area contributed by atoms with Gasteiger partial charge in [0.1, 0.15) is 17.1 Å². The summed E-state index contributed by atoms with van der Waals surface area (Å²) in [6.07, 6.45) is 2.91. The van der Waals surface area contributed by atoms with Crippen molar-refractivity contribution in [2.45, 2.75) is 13.5 Å². The van der Waals surface area contributed by atoms with E-state index in [1.165, 1.54) is 28.4 Å². The fourth-order valence-corrected chi connectivity index (χ4v) is 4.62. The molecule has 0 saturated heterocycles. The lowest BCUT2D eigenvalue weighted by Gasteiger charge is -2.06. The van der Waals surface area contributed by atoms with Gasteiger partial charge in [-0.2, -0.15) is 5.10 Å². The first-order valence-corrected chi connectivity index (χ1v) is 11.3. The van der Waals surface area contributed by atoms with Gasteiger partial charge < -0.3 is 4.74 Å². The van der Waals surface area contributed by atoms with E-state index in [0.29, 0.717) is 16.0 Å². The van der Waals surface area contributed by atoms with E-state index in [1.807, 2.05) is 48.7 Å². The topological polar surface area (TPSA) is 85.6 Å². The standard InChI is InChI=1S/C23H19BrN4O3S/c1-14-3-6-16(7-4-14)17-12-32-22-21(17)23(30)28(13-25-22)11-20(29)27-26-10-15-5-8-19(31-2)18(24)9-15/h3-10,12-13H,11H2,1-2H3,(H,27,29)/b26-10+. The van der Waals surface area contributed by atoms with Crippen LogP contribution in [0.1, 0.15) is 11.1 Å². The van der Waals surface area contributed by atoms with Crippen LogP contribution < -0.4 is 15.7 Å². The summed E-state index contributed by atoms with van der Waals surface area (Å²) in [6.45, 7) is 1.83.